The minimum atomic E-state index is -1.51. The summed E-state index contributed by atoms with van der Waals surface area (Å²) in [5.41, 5.74) is 3.92. The van der Waals surface area contributed by atoms with Gasteiger partial charge in [-0.1, -0.05) is 11.6 Å². The number of likely N-dealkylation sites (N-methyl/N-ethyl adjacent to an activating group) is 1. The van der Waals surface area contributed by atoms with Gasteiger partial charge in [0, 0.05) is 22.3 Å². The van der Waals surface area contributed by atoms with Gasteiger partial charge in [0.15, 0.2) is 0 Å². The number of carbonyl (C=O) groups excluding carboxylic acids is 1. The summed E-state index contributed by atoms with van der Waals surface area (Å²) in [7, 11) is 3.93. The number of rotatable bonds is 3. The van der Waals surface area contributed by atoms with Gasteiger partial charge in [-0.15, -0.1) is 0 Å². The monoisotopic (exact) mass is 472 g/mol. The Labute approximate surface area is 196 Å². The molecule has 0 spiro atoms. The molecule has 0 unspecified atom stereocenters. The van der Waals surface area contributed by atoms with E-state index < -0.39 is 11.9 Å². The summed E-state index contributed by atoms with van der Waals surface area (Å²) in [5, 5.41) is 21.4. The lowest BCUT2D eigenvalue weighted by Crippen LogP contribution is -3.12. The lowest BCUT2D eigenvalue weighted by Gasteiger charge is -2.32. The normalized spacial score (nSPS) is 15.2. The molecule has 174 valence electrons. The highest BCUT2D eigenvalue weighted by Crippen LogP contribution is 2.37. The van der Waals surface area contributed by atoms with Gasteiger partial charge >= 0.3 is 5.97 Å². The Morgan fingerprint density at radius 2 is 1.88 bits per heavy atom. The molecule has 9 nitrogen and oxygen atoms in total. The first-order valence-electron chi connectivity index (χ1n) is 10.3. The van der Waals surface area contributed by atoms with Gasteiger partial charge in [0.2, 0.25) is 0 Å². The molecule has 10 heteroatoms. The molecule has 0 saturated carbocycles. The number of methoxy groups -OCH3 is 1. The van der Waals surface area contributed by atoms with Gasteiger partial charge < -0.3 is 34.9 Å². The molecule has 2 aliphatic rings. The number of benzene rings is 2. The van der Waals surface area contributed by atoms with E-state index in [0.29, 0.717) is 17.2 Å². The van der Waals surface area contributed by atoms with Crippen LogP contribution in [0.25, 0.3) is 0 Å². The summed E-state index contributed by atoms with van der Waals surface area (Å²) in [6, 6.07) is 11.9. The molecule has 0 aromatic heterocycles. The topological polar surface area (TPSA) is 119 Å². The minimum Gasteiger partial charge on any atom is -0.545 e. The zero-order valence-corrected chi connectivity index (χ0v) is 19.1. The number of aliphatic carboxylic acids is 2. The van der Waals surface area contributed by atoms with Crippen LogP contribution in [0.3, 0.4) is 0 Å². The highest BCUT2D eigenvalue weighted by Gasteiger charge is 2.25. The van der Waals surface area contributed by atoms with Crippen LogP contribution in [0.15, 0.2) is 53.5 Å². The summed E-state index contributed by atoms with van der Waals surface area (Å²) in [6.07, 6.45) is 0.942. The van der Waals surface area contributed by atoms with Crippen molar-refractivity contribution in [1.29, 1.82) is 0 Å². The number of piperazine rings is 1. The number of fused-ring (bicyclic) bond motifs is 2. The van der Waals surface area contributed by atoms with Gasteiger partial charge in [-0.05, 0) is 42.5 Å². The van der Waals surface area contributed by atoms with E-state index in [0.717, 1.165) is 60.4 Å². The van der Waals surface area contributed by atoms with E-state index in [9.17, 15) is 14.7 Å². The molecule has 3 N–H and O–H groups in total. The largest absolute Gasteiger partial charge is 0.545 e. The van der Waals surface area contributed by atoms with Gasteiger partial charge in [-0.3, -0.25) is 0 Å². The lowest BCUT2D eigenvalue weighted by atomic mass is 10.1. The van der Waals surface area contributed by atoms with Crippen molar-refractivity contribution in [2.45, 2.75) is 0 Å². The fraction of sp³-hybridized carbons (Fsp3) is 0.261. The average Bonchev–Trinajstić information content (AvgIpc) is 2.94. The third kappa shape index (κ3) is 6.47. The number of amidine groups is 1. The Morgan fingerprint density at radius 1 is 1.18 bits per heavy atom. The number of nitrogens with zero attached hydrogens (tertiary/aromatic N) is 2. The van der Waals surface area contributed by atoms with E-state index >= 15 is 0 Å². The molecular formula is C23H25ClN4O5. The number of nitrogens with one attached hydrogen (secondary N) is 2. The summed E-state index contributed by atoms with van der Waals surface area (Å²) in [6.45, 7) is 4.18. The maximum absolute atomic E-state index is 9.53. The average molecular weight is 473 g/mol. The number of hydrogen-bond acceptors (Lipinski definition) is 7. The number of carboxylic acids is 2. The van der Waals surface area contributed by atoms with Gasteiger partial charge in [0.1, 0.15) is 11.6 Å². The Morgan fingerprint density at radius 3 is 2.48 bits per heavy atom. The Bertz CT molecular complexity index is 1080. The van der Waals surface area contributed by atoms with E-state index in [1.165, 1.54) is 0 Å². The minimum absolute atomic E-state index is 0.447. The number of carboxylic acid groups (broad SMARTS) is 2. The van der Waals surface area contributed by atoms with E-state index in [4.69, 9.17) is 26.4 Å². The van der Waals surface area contributed by atoms with Gasteiger partial charge in [0.25, 0.3) is 0 Å². The van der Waals surface area contributed by atoms with Crippen LogP contribution in [0, 0.1) is 0 Å². The number of quaternary nitrogens is 1. The fourth-order valence-corrected chi connectivity index (χ4v) is 3.61. The van der Waals surface area contributed by atoms with E-state index in [1.807, 2.05) is 24.3 Å². The molecule has 0 radical (unpaired) electrons. The quantitative estimate of drug-likeness (QED) is 0.562. The smallest absolute Gasteiger partial charge is 0.328 e. The molecule has 0 amide bonds. The molecular weight excluding hydrogens is 448 g/mol. The molecule has 2 heterocycles. The van der Waals surface area contributed by atoms with Gasteiger partial charge in [-0.25, -0.2) is 9.79 Å². The molecule has 1 saturated heterocycles. The highest BCUT2D eigenvalue weighted by atomic mass is 35.5. The Kier molecular flexibility index (Phi) is 7.92. The molecule has 0 aliphatic carbocycles. The molecule has 0 bridgehead atoms. The number of carbonyl (C=O) groups is 2. The number of ether oxygens (including phenoxy) is 1. The third-order valence-corrected chi connectivity index (χ3v) is 5.44. The summed E-state index contributed by atoms with van der Waals surface area (Å²) in [5.74, 6) is -0.992. The van der Waals surface area contributed by atoms with Crippen molar-refractivity contribution < 1.29 is 29.4 Å². The van der Waals surface area contributed by atoms with E-state index in [2.05, 4.69) is 29.4 Å². The van der Waals surface area contributed by atoms with Crippen LogP contribution >= 0.6 is 11.6 Å². The molecule has 2 aromatic carbocycles. The summed E-state index contributed by atoms with van der Waals surface area (Å²) in [4.78, 5) is 27.9. The number of aliphatic imine (C=N–C) groups is 1. The van der Waals surface area contributed by atoms with Crippen molar-refractivity contribution in [3.63, 3.8) is 0 Å². The van der Waals surface area contributed by atoms with Crippen molar-refractivity contribution in [1.82, 2.24) is 4.90 Å². The predicted molar refractivity (Wildman–Crippen MR) is 124 cm³/mol. The van der Waals surface area contributed by atoms with Crippen LogP contribution in [0.1, 0.15) is 5.56 Å². The number of anilines is 2. The second-order valence-electron chi connectivity index (χ2n) is 7.57. The van der Waals surface area contributed by atoms with Gasteiger partial charge in [-0.2, -0.15) is 0 Å². The second kappa shape index (κ2) is 10.8. The SMILES string of the molecule is COc1ccc2c(c1)C(N1CC[NH+](C)CC1)=Nc1cc(Cl)ccc1N2.O=C([O-])/C=C\C(=O)O. The fourth-order valence-electron chi connectivity index (χ4n) is 3.45. The molecule has 1 fully saturated rings. The van der Waals surface area contributed by atoms with E-state index in [1.54, 1.807) is 12.0 Å². The highest BCUT2D eigenvalue weighted by molar-refractivity contribution is 6.31. The Balaban J connectivity index is 0.000000331. The maximum atomic E-state index is 9.53. The van der Waals surface area contributed by atoms with Crippen molar-refractivity contribution in [2.24, 2.45) is 4.99 Å². The number of halogens is 1. The van der Waals surface area contributed by atoms with Crippen molar-refractivity contribution >= 4 is 46.4 Å². The first-order chi connectivity index (χ1) is 15.8. The van der Waals surface area contributed by atoms with Crippen molar-refractivity contribution in [3.8, 4) is 5.75 Å². The van der Waals surface area contributed by atoms with Crippen molar-refractivity contribution in [2.75, 3.05) is 45.7 Å². The lowest BCUT2D eigenvalue weighted by molar-refractivity contribution is -0.883. The predicted octanol–water partition coefficient (Wildman–Crippen LogP) is 0.691. The van der Waals surface area contributed by atoms with Crippen LogP contribution in [0.5, 0.6) is 5.75 Å². The van der Waals surface area contributed by atoms with Crippen LogP contribution in [0.2, 0.25) is 5.02 Å². The van der Waals surface area contributed by atoms with Crippen LogP contribution in [-0.2, 0) is 9.59 Å². The maximum Gasteiger partial charge on any atom is 0.328 e. The molecule has 4 rings (SSSR count). The first-order valence-corrected chi connectivity index (χ1v) is 10.7. The molecule has 2 aliphatic heterocycles. The molecule has 33 heavy (non-hydrogen) atoms. The second-order valence-corrected chi connectivity index (χ2v) is 8.00. The summed E-state index contributed by atoms with van der Waals surface area (Å²) < 4.78 is 5.44. The van der Waals surface area contributed by atoms with Crippen LogP contribution < -0.4 is 20.1 Å². The number of hydrogen-bond donors (Lipinski definition) is 3. The molecule has 0 atom stereocenters. The van der Waals surface area contributed by atoms with Gasteiger partial charge in [0.05, 0.1) is 57.7 Å². The first kappa shape index (κ1) is 24.1. The van der Waals surface area contributed by atoms with E-state index in [-0.39, 0.29) is 0 Å². The zero-order chi connectivity index (χ0) is 24.0. The van der Waals surface area contributed by atoms with Crippen LogP contribution in [-0.4, -0.2) is 68.1 Å². The van der Waals surface area contributed by atoms with Crippen molar-refractivity contribution in [3.05, 3.63) is 59.1 Å². The molecule has 2 aromatic rings. The van der Waals surface area contributed by atoms with Crippen LogP contribution in [0.4, 0.5) is 17.1 Å². The Hall–Kier alpha value is -3.56. The third-order valence-electron chi connectivity index (χ3n) is 5.20. The standard InChI is InChI=1S/C19H21ClN4O.C4H4O4/c1-23-7-9-24(10-8-23)19-15-12-14(25-2)4-6-16(15)21-17-5-3-13(20)11-18(17)22-19;5-3(6)1-2-4(7)8/h3-6,11-12,21H,7-10H2,1-2H3;1-2H,(H,5,6)(H,7,8)/b;2-1-. The summed E-state index contributed by atoms with van der Waals surface area (Å²) >= 11 is 6.21. The zero-order valence-electron chi connectivity index (χ0n) is 18.3.